The number of halogens is 1. The third kappa shape index (κ3) is 4.16. The normalized spacial score (nSPS) is 11.2. The molecular formula is C17H16ClN3O6S2. The van der Waals surface area contributed by atoms with Crippen molar-refractivity contribution in [1.82, 2.24) is 5.16 Å². The number of hydrogen-bond donors (Lipinski definition) is 2. The number of sulfonamides is 1. The SMILES string of the molecule is COc1cccc(NC(=O)c2sccc2S(=O)(=O)Nc2onc(C)c2Cl)c1OC. The van der Waals surface area contributed by atoms with Gasteiger partial charge in [0.2, 0.25) is 0 Å². The Morgan fingerprint density at radius 1 is 1.24 bits per heavy atom. The molecule has 3 aromatic rings. The number of aromatic nitrogens is 1. The van der Waals surface area contributed by atoms with E-state index in [9.17, 15) is 13.2 Å². The van der Waals surface area contributed by atoms with Crippen LogP contribution in [-0.2, 0) is 10.0 Å². The van der Waals surface area contributed by atoms with Crippen molar-refractivity contribution in [2.75, 3.05) is 24.3 Å². The van der Waals surface area contributed by atoms with Gasteiger partial charge >= 0.3 is 0 Å². The molecule has 2 aromatic heterocycles. The van der Waals surface area contributed by atoms with E-state index in [0.29, 0.717) is 22.9 Å². The van der Waals surface area contributed by atoms with Crippen LogP contribution >= 0.6 is 22.9 Å². The van der Waals surface area contributed by atoms with E-state index in [4.69, 9.17) is 25.6 Å². The number of thiophene rings is 1. The number of hydrogen-bond acceptors (Lipinski definition) is 8. The van der Waals surface area contributed by atoms with Crippen LogP contribution in [0.3, 0.4) is 0 Å². The van der Waals surface area contributed by atoms with Crippen LogP contribution in [0.5, 0.6) is 11.5 Å². The van der Waals surface area contributed by atoms with Crippen LogP contribution < -0.4 is 19.5 Å². The van der Waals surface area contributed by atoms with Crippen LogP contribution in [0, 0.1) is 6.92 Å². The van der Waals surface area contributed by atoms with Gasteiger partial charge in [-0.25, -0.2) is 13.1 Å². The van der Waals surface area contributed by atoms with E-state index in [0.717, 1.165) is 11.3 Å². The second kappa shape index (κ2) is 8.31. The van der Waals surface area contributed by atoms with Gasteiger partial charge in [-0.15, -0.1) is 11.3 Å². The van der Waals surface area contributed by atoms with E-state index in [1.54, 1.807) is 25.1 Å². The summed E-state index contributed by atoms with van der Waals surface area (Å²) in [6.45, 7) is 1.56. The molecule has 2 heterocycles. The van der Waals surface area contributed by atoms with E-state index >= 15 is 0 Å². The van der Waals surface area contributed by atoms with Gasteiger partial charge in [-0.2, -0.15) is 0 Å². The van der Waals surface area contributed by atoms with Crippen molar-refractivity contribution >= 4 is 50.4 Å². The zero-order valence-corrected chi connectivity index (χ0v) is 17.9. The first-order chi connectivity index (χ1) is 13.8. The predicted molar refractivity (Wildman–Crippen MR) is 109 cm³/mol. The summed E-state index contributed by atoms with van der Waals surface area (Å²) in [6, 6.07) is 6.25. The van der Waals surface area contributed by atoms with Crippen molar-refractivity contribution in [3.63, 3.8) is 0 Å². The minimum absolute atomic E-state index is 0.0327. The average molecular weight is 458 g/mol. The van der Waals surface area contributed by atoms with Crippen LogP contribution in [0.1, 0.15) is 15.4 Å². The third-order valence-electron chi connectivity index (χ3n) is 3.79. The lowest BCUT2D eigenvalue weighted by molar-refractivity contribution is 0.102. The average Bonchev–Trinajstić information content (AvgIpc) is 3.31. The highest BCUT2D eigenvalue weighted by Crippen LogP contribution is 2.36. The molecule has 3 rings (SSSR count). The maximum Gasteiger partial charge on any atom is 0.267 e. The van der Waals surface area contributed by atoms with Gasteiger partial charge in [-0.05, 0) is 30.5 Å². The molecule has 0 bridgehead atoms. The predicted octanol–water partition coefficient (Wildman–Crippen LogP) is 3.77. The van der Waals surface area contributed by atoms with Crippen molar-refractivity contribution in [1.29, 1.82) is 0 Å². The van der Waals surface area contributed by atoms with Gasteiger partial charge in [-0.1, -0.05) is 22.8 Å². The molecule has 0 spiro atoms. The highest BCUT2D eigenvalue weighted by Gasteiger charge is 2.27. The van der Waals surface area contributed by atoms with E-state index in [-0.39, 0.29) is 20.7 Å². The first-order valence-corrected chi connectivity index (χ1v) is 10.8. The van der Waals surface area contributed by atoms with Crippen LogP contribution in [0.2, 0.25) is 5.02 Å². The molecule has 2 N–H and O–H groups in total. The van der Waals surface area contributed by atoms with Gasteiger partial charge < -0.3 is 19.3 Å². The lowest BCUT2D eigenvalue weighted by Crippen LogP contribution is -2.18. The summed E-state index contributed by atoms with van der Waals surface area (Å²) in [5, 5.41) is 7.76. The molecule has 29 heavy (non-hydrogen) atoms. The first-order valence-electron chi connectivity index (χ1n) is 8.03. The number of ether oxygens (including phenoxy) is 2. The summed E-state index contributed by atoms with van der Waals surface area (Å²) >= 11 is 6.93. The standard InChI is InChI=1S/C17H16ClN3O6S2/c1-9-13(18)17(27-20-9)21-29(23,24)12-7-8-28-15(12)16(22)19-10-5-4-6-11(25-2)14(10)26-3/h4-8,21H,1-3H3,(H,19,22). The summed E-state index contributed by atoms with van der Waals surface area (Å²) in [4.78, 5) is 12.5. The fourth-order valence-electron chi connectivity index (χ4n) is 2.44. The summed E-state index contributed by atoms with van der Waals surface area (Å²) in [5.41, 5.74) is 0.660. The van der Waals surface area contributed by atoms with Crippen molar-refractivity contribution < 1.29 is 27.2 Å². The minimum atomic E-state index is -4.15. The molecule has 0 radical (unpaired) electrons. The third-order valence-corrected chi connectivity index (χ3v) is 6.65. The van der Waals surface area contributed by atoms with E-state index < -0.39 is 15.9 Å². The Morgan fingerprint density at radius 3 is 2.62 bits per heavy atom. The lowest BCUT2D eigenvalue weighted by atomic mass is 10.2. The number of rotatable bonds is 7. The number of aryl methyl sites for hydroxylation is 1. The van der Waals surface area contributed by atoms with Crippen LogP contribution in [0.15, 0.2) is 39.1 Å². The summed E-state index contributed by atoms with van der Waals surface area (Å²) in [6.07, 6.45) is 0. The number of nitrogens with zero attached hydrogens (tertiary/aromatic N) is 1. The molecule has 0 saturated heterocycles. The molecule has 9 nitrogen and oxygen atoms in total. The first kappa shape index (κ1) is 21.0. The summed E-state index contributed by atoms with van der Waals surface area (Å²) in [5.74, 6) is -0.129. The topological polar surface area (TPSA) is 120 Å². The molecule has 0 aliphatic carbocycles. The number of anilines is 2. The second-order valence-electron chi connectivity index (χ2n) is 5.63. The van der Waals surface area contributed by atoms with Crippen molar-refractivity contribution in [3.8, 4) is 11.5 Å². The van der Waals surface area contributed by atoms with E-state index in [2.05, 4.69) is 15.2 Å². The van der Waals surface area contributed by atoms with Gasteiger partial charge in [0.05, 0.1) is 19.9 Å². The molecule has 0 atom stereocenters. The fraction of sp³-hybridized carbons (Fsp3) is 0.176. The monoisotopic (exact) mass is 457 g/mol. The molecule has 12 heteroatoms. The van der Waals surface area contributed by atoms with Gasteiger partial charge in [0.15, 0.2) is 11.5 Å². The lowest BCUT2D eigenvalue weighted by Gasteiger charge is -2.13. The largest absolute Gasteiger partial charge is 0.493 e. The molecule has 0 fully saturated rings. The number of carbonyl (C=O) groups is 1. The van der Waals surface area contributed by atoms with Crippen molar-refractivity contribution in [2.45, 2.75) is 11.8 Å². The quantitative estimate of drug-likeness (QED) is 0.554. The maximum atomic E-state index is 12.8. The Balaban J connectivity index is 1.90. The van der Waals surface area contributed by atoms with Crippen molar-refractivity contribution in [2.24, 2.45) is 0 Å². The van der Waals surface area contributed by atoms with Crippen LogP contribution in [0.4, 0.5) is 11.6 Å². The van der Waals surface area contributed by atoms with Crippen molar-refractivity contribution in [3.05, 3.63) is 45.2 Å². The number of methoxy groups -OCH3 is 2. The Labute approximate surface area is 175 Å². The molecule has 0 unspecified atom stereocenters. The molecule has 1 amide bonds. The highest BCUT2D eigenvalue weighted by atomic mass is 35.5. The molecule has 1 aromatic carbocycles. The summed E-state index contributed by atoms with van der Waals surface area (Å²) < 4.78 is 43.1. The number of carbonyl (C=O) groups excluding carboxylic acids is 1. The number of para-hydroxylation sites is 1. The van der Waals surface area contributed by atoms with Gasteiger partial charge in [0.1, 0.15) is 20.5 Å². The van der Waals surface area contributed by atoms with Crippen LogP contribution in [-0.4, -0.2) is 33.7 Å². The minimum Gasteiger partial charge on any atom is -0.493 e. The van der Waals surface area contributed by atoms with Gasteiger partial charge in [0, 0.05) is 0 Å². The molecular weight excluding hydrogens is 442 g/mol. The highest BCUT2D eigenvalue weighted by molar-refractivity contribution is 7.93. The smallest absolute Gasteiger partial charge is 0.267 e. The number of amides is 1. The Hall–Kier alpha value is -2.76. The molecule has 0 aliphatic rings. The molecule has 154 valence electrons. The zero-order valence-electron chi connectivity index (χ0n) is 15.5. The van der Waals surface area contributed by atoms with E-state index in [1.165, 1.54) is 25.7 Å². The Bertz CT molecular complexity index is 1160. The molecule has 0 saturated carbocycles. The number of benzene rings is 1. The van der Waals surface area contributed by atoms with Gasteiger partial charge in [0.25, 0.3) is 21.8 Å². The van der Waals surface area contributed by atoms with Crippen LogP contribution in [0.25, 0.3) is 0 Å². The second-order valence-corrected chi connectivity index (χ2v) is 8.57. The number of nitrogens with one attached hydrogen (secondary N) is 2. The molecule has 0 aliphatic heterocycles. The van der Waals surface area contributed by atoms with Gasteiger partial charge in [-0.3, -0.25) is 4.79 Å². The summed E-state index contributed by atoms with van der Waals surface area (Å²) in [7, 11) is -1.25. The Kier molecular flexibility index (Phi) is 6.01. The van der Waals surface area contributed by atoms with E-state index in [1.807, 2.05) is 0 Å². The Morgan fingerprint density at radius 2 is 2.00 bits per heavy atom. The maximum absolute atomic E-state index is 12.8. The zero-order chi connectivity index (χ0) is 21.2. The fourth-order valence-corrected chi connectivity index (χ4v) is 4.93.